The number of para-hydroxylation sites is 2. The number of benzene rings is 2. The van der Waals surface area contributed by atoms with Crippen molar-refractivity contribution in [3.63, 3.8) is 0 Å². The second-order valence-electron chi connectivity index (χ2n) is 6.41. The zero-order valence-corrected chi connectivity index (χ0v) is 18.5. The number of rotatable bonds is 10. The Morgan fingerprint density at radius 3 is 2.58 bits per heavy atom. The van der Waals surface area contributed by atoms with Gasteiger partial charge in [-0.2, -0.15) is 0 Å². The quantitative estimate of drug-likeness (QED) is 0.368. The average Bonchev–Trinajstić information content (AvgIpc) is 3.14. The Bertz CT molecular complexity index is 1160. The second kappa shape index (κ2) is 10.3. The van der Waals surface area contributed by atoms with E-state index in [4.69, 9.17) is 4.74 Å². The lowest BCUT2D eigenvalue weighted by Crippen LogP contribution is -2.15. The predicted molar refractivity (Wildman–Crippen MR) is 120 cm³/mol. The molecule has 162 valence electrons. The first-order valence-corrected chi connectivity index (χ1v) is 11.9. The van der Waals surface area contributed by atoms with Gasteiger partial charge in [-0.05, 0) is 24.3 Å². The molecular formula is C21H22N4O4S2. The van der Waals surface area contributed by atoms with Gasteiger partial charge in [0.1, 0.15) is 17.3 Å². The third kappa shape index (κ3) is 5.74. The number of hydrogen-bond donors (Lipinski definition) is 1. The van der Waals surface area contributed by atoms with Gasteiger partial charge in [-0.1, -0.05) is 48.2 Å². The van der Waals surface area contributed by atoms with Crippen LogP contribution in [0.15, 0.2) is 77.3 Å². The number of anilines is 1. The first-order chi connectivity index (χ1) is 14.9. The zero-order chi connectivity index (χ0) is 22.3. The fourth-order valence-corrected chi connectivity index (χ4v) is 4.85. The van der Waals surface area contributed by atoms with Gasteiger partial charge in [-0.25, -0.2) is 8.42 Å². The van der Waals surface area contributed by atoms with Crippen LogP contribution < -0.4 is 10.1 Å². The summed E-state index contributed by atoms with van der Waals surface area (Å²) >= 11 is 1.16. The average molecular weight is 459 g/mol. The highest BCUT2D eigenvalue weighted by atomic mass is 32.2. The molecule has 1 amide bonds. The molecule has 8 nitrogen and oxygen atoms in total. The number of carbonyl (C=O) groups excluding carboxylic acids is 1. The Morgan fingerprint density at radius 2 is 1.87 bits per heavy atom. The van der Waals surface area contributed by atoms with E-state index < -0.39 is 9.84 Å². The number of sulfone groups is 1. The molecule has 0 spiro atoms. The topological polar surface area (TPSA) is 103 Å². The van der Waals surface area contributed by atoms with E-state index in [2.05, 4.69) is 22.1 Å². The molecule has 0 saturated heterocycles. The van der Waals surface area contributed by atoms with Gasteiger partial charge in [0.25, 0.3) is 0 Å². The molecule has 1 N–H and O–H groups in total. The highest BCUT2D eigenvalue weighted by molar-refractivity contribution is 7.99. The number of hydrogen-bond acceptors (Lipinski definition) is 7. The van der Waals surface area contributed by atoms with E-state index in [0.717, 1.165) is 11.8 Å². The van der Waals surface area contributed by atoms with Crippen LogP contribution >= 0.6 is 11.8 Å². The Hall–Kier alpha value is -3.11. The standard InChI is InChI=1S/C21H22N4O4S2/c1-3-13-25-19(15-31(27,28)16-9-5-4-6-10-16)23-24-21(25)30-14-20(26)22-17-11-7-8-12-18(17)29-2/h3-12H,1,13-15H2,2H3,(H,22,26). The largest absolute Gasteiger partial charge is 0.495 e. The molecule has 2 aromatic carbocycles. The van der Waals surface area contributed by atoms with Gasteiger partial charge in [0.05, 0.1) is 23.4 Å². The van der Waals surface area contributed by atoms with Crippen LogP contribution in [0, 0.1) is 0 Å². The molecule has 0 aliphatic rings. The lowest BCUT2D eigenvalue weighted by atomic mass is 10.3. The van der Waals surface area contributed by atoms with Crippen LogP contribution in [0.1, 0.15) is 5.82 Å². The van der Waals surface area contributed by atoms with E-state index in [1.54, 1.807) is 59.2 Å². The number of amides is 1. The van der Waals surface area contributed by atoms with Gasteiger partial charge < -0.3 is 14.6 Å². The molecule has 31 heavy (non-hydrogen) atoms. The number of allylic oxidation sites excluding steroid dienone is 1. The number of carbonyl (C=O) groups is 1. The maximum Gasteiger partial charge on any atom is 0.234 e. The van der Waals surface area contributed by atoms with Crippen LogP contribution in [0.5, 0.6) is 5.75 Å². The number of thioether (sulfide) groups is 1. The molecule has 1 heterocycles. The summed E-state index contributed by atoms with van der Waals surface area (Å²) in [6.07, 6.45) is 1.63. The van der Waals surface area contributed by atoms with Gasteiger partial charge in [-0.15, -0.1) is 16.8 Å². The summed E-state index contributed by atoms with van der Waals surface area (Å²) in [5, 5.41) is 11.4. The SMILES string of the molecule is C=CCn1c(CS(=O)(=O)c2ccccc2)nnc1SCC(=O)Nc1ccccc1OC. The van der Waals surface area contributed by atoms with E-state index in [1.807, 2.05) is 6.07 Å². The van der Waals surface area contributed by atoms with Crippen molar-refractivity contribution in [3.8, 4) is 5.75 Å². The van der Waals surface area contributed by atoms with Crippen LogP contribution in [0.2, 0.25) is 0 Å². The van der Waals surface area contributed by atoms with Crippen molar-refractivity contribution in [1.29, 1.82) is 0 Å². The summed E-state index contributed by atoms with van der Waals surface area (Å²) in [7, 11) is -2.05. The first kappa shape index (κ1) is 22.6. The molecule has 0 unspecified atom stereocenters. The summed E-state index contributed by atoms with van der Waals surface area (Å²) in [4.78, 5) is 12.6. The fraction of sp³-hybridized carbons (Fsp3) is 0.190. The van der Waals surface area contributed by atoms with E-state index in [0.29, 0.717) is 23.1 Å². The van der Waals surface area contributed by atoms with E-state index in [9.17, 15) is 13.2 Å². The highest BCUT2D eigenvalue weighted by Crippen LogP contribution is 2.25. The maximum atomic E-state index is 12.7. The molecule has 0 bridgehead atoms. The van der Waals surface area contributed by atoms with Crippen molar-refractivity contribution in [2.45, 2.75) is 22.3 Å². The van der Waals surface area contributed by atoms with Gasteiger partial charge in [0.15, 0.2) is 15.0 Å². The fourth-order valence-electron chi connectivity index (χ4n) is 2.79. The lowest BCUT2D eigenvalue weighted by Gasteiger charge is -2.10. The third-order valence-electron chi connectivity index (χ3n) is 4.24. The smallest absolute Gasteiger partial charge is 0.234 e. The maximum absolute atomic E-state index is 12.7. The molecule has 0 fully saturated rings. The molecule has 0 radical (unpaired) electrons. The molecule has 0 atom stereocenters. The van der Waals surface area contributed by atoms with Crippen LogP contribution in [-0.4, -0.2) is 42.0 Å². The number of ether oxygens (including phenoxy) is 1. The molecule has 3 rings (SSSR count). The predicted octanol–water partition coefficient (Wildman–Crippen LogP) is 3.18. The number of aromatic nitrogens is 3. The van der Waals surface area contributed by atoms with Gasteiger partial charge in [0, 0.05) is 6.54 Å². The van der Waals surface area contributed by atoms with Crippen molar-refractivity contribution >= 4 is 33.2 Å². The monoisotopic (exact) mass is 458 g/mol. The molecule has 0 saturated carbocycles. The van der Waals surface area contributed by atoms with E-state index in [1.165, 1.54) is 7.11 Å². The van der Waals surface area contributed by atoms with Crippen LogP contribution in [-0.2, 0) is 26.9 Å². The van der Waals surface area contributed by atoms with E-state index >= 15 is 0 Å². The summed E-state index contributed by atoms with van der Waals surface area (Å²) in [6, 6.07) is 15.3. The number of methoxy groups -OCH3 is 1. The molecule has 3 aromatic rings. The minimum atomic E-state index is -3.58. The normalized spacial score (nSPS) is 11.1. The Labute approximate surface area is 185 Å². The summed E-state index contributed by atoms with van der Waals surface area (Å²) in [5.41, 5.74) is 0.567. The van der Waals surface area contributed by atoms with Gasteiger partial charge in [-0.3, -0.25) is 4.79 Å². The van der Waals surface area contributed by atoms with E-state index in [-0.39, 0.29) is 28.1 Å². The molecule has 1 aromatic heterocycles. The lowest BCUT2D eigenvalue weighted by molar-refractivity contribution is -0.113. The number of nitrogens with one attached hydrogen (secondary N) is 1. The van der Waals surface area contributed by atoms with Crippen LogP contribution in [0.25, 0.3) is 0 Å². The number of nitrogens with zero attached hydrogens (tertiary/aromatic N) is 3. The van der Waals surface area contributed by atoms with Gasteiger partial charge in [0.2, 0.25) is 5.91 Å². The Balaban J connectivity index is 1.72. The minimum Gasteiger partial charge on any atom is -0.495 e. The Morgan fingerprint density at radius 1 is 1.16 bits per heavy atom. The van der Waals surface area contributed by atoms with Gasteiger partial charge >= 0.3 is 0 Å². The third-order valence-corrected chi connectivity index (χ3v) is 6.84. The molecule has 10 heteroatoms. The second-order valence-corrected chi connectivity index (χ2v) is 9.34. The molecular weight excluding hydrogens is 436 g/mol. The van der Waals surface area contributed by atoms with Crippen molar-refractivity contribution in [3.05, 3.63) is 73.1 Å². The van der Waals surface area contributed by atoms with Crippen molar-refractivity contribution < 1.29 is 17.9 Å². The summed E-state index contributed by atoms with van der Waals surface area (Å²) < 4.78 is 32.3. The van der Waals surface area contributed by atoms with Crippen molar-refractivity contribution in [2.24, 2.45) is 0 Å². The molecule has 0 aliphatic heterocycles. The minimum absolute atomic E-state index is 0.0682. The summed E-state index contributed by atoms with van der Waals surface area (Å²) in [6.45, 7) is 4.04. The molecule has 0 aliphatic carbocycles. The summed E-state index contributed by atoms with van der Waals surface area (Å²) in [5.74, 6) is 0.367. The van der Waals surface area contributed by atoms with Crippen LogP contribution in [0.3, 0.4) is 0 Å². The van der Waals surface area contributed by atoms with Crippen molar-refractivity contribution in [2.75, 3.05) is 18.2 Å². The zero-order valence-electron chi connectivity index (χ0n) is 16.9. The van der Waals surface area contributed by atoms with Crippen LogP contribution in [0.4, 0.5) is 5.69 Å². The first-order valence-electron chi connectivity index (χ1n) is 9.31. The Kier molecular flexibility index (Phi) is 7.48. The highest BCUT2D eigenvalue weighted by Gasteiger charge is 2.21. The van der Waals surface area contributed by atoms with Crippen molar-refractivity contribution in [1.82, 2.24) is 14.8 Å².